The molecule has 1 fully saturated rings. The van der Waals surface area contributed by atoms with E-state index in [1.54, 1.807) is 14.2 Å². The molecule has 0 aromatic carbocycles. The van der Waals surface area contributed by atoms with Crippen molar-refractivity contribution in [2.24, 2.45) is 0 Å². The van der Waals surface area contributed by atoms with Crippen LogP contribution in [0.15, 0.2) is 0 Å². The van der Waals surface area contributed by atoms with Gasteiger partial charge < -0.3 is 18.0 Å². The fourth-order valence-electron chi connectivity index (χ4n) is 1.54. The second-order valence-corrected chi connectivity index (χ2v) is 6.71. The van der Waals surface area contributed by atoms with Gasteiger partial charge in [0.25, 0.3) is 0 Å². The number of ether oxygens (including phenoxy) is 1. The Bertz CT molecular complexity index is 184. The molecule has 0 radical (unpaired) electrons. The van der Waals surface area contributed by atoms with Crippen molar-refractivity contribution in [2.45, 2.75) is 44.9 Å². The molecular formula is C10H22O4Si. The average Bonchev–Trinajstić information content (AvgIpc) is 3.03. The number of epoxide rings is 1. The molecule has 1 aliphatic rings. The van der Waals surface area contributed by atoms with Crippen molar-refractivity contribution in [1.29, 1.82) is 0 Å². The molecule has 1 heterocycles. The topological polar surface area (TPSA) is 40.2 Å². The Kier molecular flexibility index (Phi) is 5.21. The van der Waals surface area contributed by atoms with Crippen LogP contribution in [0.3, 0.4) is 0 Å². The SMILES string of the molecule is CCC1OC1CCCO[Si](C)(OC)OC. The third kappa shape index (κ3) is 4.20. The molecule has 0 spiro atoms. The van der Waals surface area contributed by atoms with Crippen molar-refractivity contribution in [3.63, 3.8) is 0 Å². The van der Waals surface area contributed by atoms with Gasteiger partial charge in [-0.25, -0.2) is 0 Å². The van der Waals surface area contributed by atoms with E-state index in [2.05, 4.69) is 6.92 Å². The Balaban J connectivity index is 2.01. The zero-order chi connectivity index (χ0) is 11.3. The molecule has 0 aliphatic carbocycles. The smallest absolute Gasteiger partial charge is 0.377 e. The summed E-state index contributed by atoms with van der Waals surface area (Å²) in [5.74, 6) is 0. The van der Waals surface area contributed by atoms with Crippen LogP contribution in [0.4, 0.5) is 0 Å². The number of hydrogen-bond donors (Lipinski definition) is 0. The molecule has 0 saturated carbocycles. The summed E-state index contributed by atoms with van der Waals surface area (Å²) in [5.41, 5.74) is 0. The molecule has 2 atom stereocenters. The highest BCUT2D eigenvalue weighted by Gasteiger charge is 2.36. The average molecular weight is 234 g/mol. The maximum absolute atomic E-state index is 5.61. The Hall–Kier alpha value is 0.0569. The summed E-state index contributed by atoms with van der Waals surface area (Å²) in [6.45, 7) is 4.75. The van der Waals surface area contributed by atoms with E-state index < -0.39 is 8.80 Å². The summed E-state index contributed by atoms with van der Waals surface area (Å²) >= 11 is 0. The minimum atomic E-state index is -2.32. The Morgan fingerprint density at radius 1 is 1.20 bits per heavy atom. The summed E-state index contributed by atoms with van der Waals surface area (Å²) in [5, 5.41) is 0. The van der Waals surface area contributed by atoms with Gasteiger partial charge in [0.1, 0.15) is 0 Å². The van der Waals surface area contributed by atoms with Crippen LogP contribution in [-0.4, -0.2) is 41.8 Å². The first-order chi connectivity index (χ1) is 7.15. The highest BCUT2D eigenvalue weighted by molar-refractivity contribution is 6.59. The van der Waals surface area contributed by atoms with E-state index in [1.807, 2.05) is 6.55 Å². The summed E-state index contributed by atoms with van der Waals surface area (Å²) in [6.07, 6.45) is 4.18. The van der Waals surface area contributed by atoms with E-state index >= 15 is 0 Å². The second-order valence-electron chi connectivity index (χ2n) is 3.88. The molecule has 0 bridgehead atoms. The first-order valence-corrected chi connectivity index (χ1v) is 7.77. The maximum atomic E-state index is 5.61. The second kappa shape index (κ2) is 5.96. The van der Waals surface area contributed by atoms with Gasteiger partial charge in [0.2, 0.25) is 0 Å². The van der Waals surface area contributed by atoms with Crippen molar-refractivity contribution in [3.05, 3.63) is 0 Å². The lowest BCUT2D eigenvalue weighted by atomic mass is 10.2. The largest absolute Gasteiger partial charge is 0.497 e. The molecule has 1 rings (SSSR count). The molecule has 0 amide bonds. The molecule has 5 heteroatoms. The van der Waals surface area contributed by atoms with Crippen LogP contribution in [0, 0.1) is 0 Å². The van der Waals surface area contributed by atoms with E-state index in [0.717, 1.165) is 19.3 Å². The standard InChI is InChI=1S/C10H22O4Si/c1-5-9-10(14-9)7-6-8-13-15(4,11-2)12-3/h9-10H,5-8H2,1-4H3. The predicted molar refractivity (Wildman–Crippen MR) is 59.8 cm³/mol. The fourth-order valence-corrected chi connectivity index (χ4v) is 2.45. The van der Waals surface area contributed by atoms with Crippen LogP contribution in [0.5, 0.6) is 0 Å². The van der Waals surface area contributed by atoms with Crippen LogP contribution < -0.4 is 0 Å². The lowest BCUT2D eigenvalue weighted by Crippen LogP contribution is -2.40. The minimum Gasteiger partial charge on any atom is -0.377 e. The van der Waals surface area contributed by atoms with E-state index in [1.165, 1.54) is 0 Å². The summed E-state index contributed by atoms with van der Waals surface area (Å²) in [6, 6.07) is 0. The zero-order valence-electron chi connectivity index (χ0n) is 10.1. The predicted octanol–water partition coefficient (Wildman–Crippen LogP) is 1.82. The van der Waals surface area contributed by atoms with Gasteiger partial charge in [0.05, 0.1) is 12.2 Å². The summed E-state index contributed by atoms with van der Waals surface area (Å²) in [7, 11) is 0.949. The van der Waals surface area contributed by atoms with E-state index in [-0.39, 0.29) is 0 Å². The van der Waals surface area contributed by atoms with Gasteiger partial charge in [-0.3, -0.25) is 0 Å². The highest BCUT2D eigenvalue weighted by atomic mass is 28.4. The van der Waals surface area contributed by atoms with Crippen LogP contribution in [0.25, 0.3) is 0 Å². The lowest BCUT2D eigenvalue weighted by Gasteiger charge is -2.21. The van der Waals surface area contributed by atoms with Crippen LogP contribution in [0.2, 0.25) is 6.55 Å². The van der Waals surface area contributed by atoms with Gasteiger partial charge >= 0.3 is 8.80 Å². The van der Waals surface area contributed by atoms with Gasteiger partial charge in [-0.2, -0.15) is 0 Å². The summed E-state index contributed by atoms with van der Waals surface area (Å²) in [4.78, 5) is 0. The van der Waals surface area contributed by atoms with Crippen molar-refractivity contribution < 1.29 is 18.0 Å². The minimum absolute atomic E-state index is 0.469. The van der Waals surface area contributed by atoms with E-state index in [0.29, 0.717) is 18.8 Å². The Labute approximate surface area is 93.2 Å². The molecule has 90 valence electrons. The third-order valence-electron chi connectivity index (χ3n) is 2.83. The van der Waals surface area contributed by atoms with Gasteiger partial charge in [0, 0.05) is 27.4 Å². The molecule has 0 aromatic heterocycles. The monoisotopic (exact) mass is 234 g/mol. The summed E-state index contributed by atoms with van der Waals surface area (Å²) < 4.78 is 21.5. The van der Waals surface area contributed by atoms with Gasteiger partial charge in [-0.1, -0.05) is 6.92 Å². The van der Waals surface area contributed by atoms with Crippen molar-refractivity contribution in [3.8, 4) is 0 Å². The first kappa shape index (κ1) is 13.1. The normalized spacial score (nSPS) is 25.6. The fraction of sp³-hybridized carbons (Fsp3) is 1.00. The van der Waals surface area contributed by atoms with Crippen molar-refractivity contribution >= 4 is 8.80 Å². The molecule has 15 heavy (non-hydrogen) atoms. The van der Waals surface area contributed by atoms with E-state index in [4.69, 9.17) is 18.0 Å². The maximum Gasteiger partial charge on any atom is 0.497 e. The molecule has 1 saturated heterocycles. The van der Waals surface area contributed by atoms with Gasteiger partial charge in [0.15, 0.2) is 0 Å². The van der Waals surface area contributed by atoms with Crippen LogP contribution >= 0.6 is 0 Å². The van der Waals surface area contributed by atoms with E-state index in [9.17, 15) is 0 Å². The van der Waals surface area contributed by atoms with Crippen LogP contribution in [0.1, 0.15) is 26.2 Å². The molecule has 2 unspecified atom stereocenters. The molecule has 4 nitrogen and oxygen atoms in total. The first-order valence-electron chi connectivity index (χ1n) is 5.55. The number of hydrogen-bond acceptors (Lipinski definition) is 4. The Morgan fingerprint density at radius 3 is 2.33 bits per heavy atom. The van der Waals surface area contributed by atoms with Gasteiger partial charge in [-0.15, -0.1) is 0 Å². The van der Waals surface area contributed by atoms with Crippen LogP contribution in [-0.2, 0) is 18.0 Å². The third-order valence-corrected chi connectivity index (χ3v) is 5.04. The van der Waals surface area contributed by atoms with Crippen molar-refractivity contribution in [1.82, 2.24) is 0 Å². The molecule has 1 aliphatic heterocycles. The lowest BCUT2D eigenvalue weighted by molar-refractivity contribution is 0.103. The van der Waals surface area contributed by atoms with Gasteiger partial charge in [-0.05, 0) is 19.3 Å². The zero-order valence-corrected chi connectivity index (χ0v) is 11.1. The molecule has 0 N–H and O–H groups in total. The molecule has 0 aromatic rings. The number of rotatable bonds is 8. The van der Waals surface area contributed by atoms with Crippen molar-refractivity contribution in [2.75, 3.05) is 20.8 Å². The molecular weight excluding hydrogens is 212 g/mol. The highest BCUT2D eigenvalue weighted by Crippen LogP contribution is 2.28. The Morgan fingerprint density at radius 2 is 1.87 bits per heavy atom. The quantitative estimate of drug-likeness (QED) is 0.365.